The molecule has 9 nitrogen and oxygen atoms in total. The molecule has 0 aliphatic carbocycles. The minimum absolute atomic E-state index is 0.00502. The average Bonchev–Trinajstić information content (AvgIpc) is 2.93. The number of nitrogens with zero attached hydrogens (tertiary/aromatic N) is 1. The van der Waals surface area contributed by atoms with E-state index in [0.717, 1.165) is 22.0 Å². The van der Waals surface area contributed by atoms with Crippen molar-refractivity contribution in [2.45, 2.75) is 16.7 Å². The van der Waals surface area contributed by atoms with Gasteiger partial charge in [0.05, 0.1) is 22.6 Å². The maximum Gasteiger partial charge on any atom is 0.264 e. The van der Waals surface area contributed by atoms with Crippen LogP contribution >= 0.6 is 0 Å². The Bertz CT molecular complexity index is 1710. The summed E-state index contributed by atoms with van der Waals surface area (Å²) in [6.45, 7) is 1.21. The third-order valence-corrected chi connectivity index (χ3v) is 8.94. The maximum absolute atomic E-state index is 13.6. The van der Waals surface area contributed by atoms with Crippen LogP contribution < -0.4 is 19.1 Å². The van der Waals surface area contributed by atoms with Gasteiger partial charge in [0.2, 0.25) is 5.91 Å². The number of ether oxygens (including phenoxy) is 1. The van der Waals surface area contributed by atoms with Gasteiger partial charge in [-0.15, -0.1) is 0 Å². The van der Waals surface area contributed by atoms with E-state index in [-0.39, 0.29) is 32.6 Å². The quantitative estimate of drug-likeness (QED) is 0.277. The molecule has 4 aromatic rings. The molecule has 0 unspecified atom stereocenters. The lowest BCUT2D eigenvalue weighted by atomic mass is 10.2. The fraction of sp³-hybridized carbons (Fsp3) is 0.107. The predicted octanol–water partition coefficient (Wildman–Crippen LogP) is 4.78. The molecule has 1 amide bonds. The van der Waals surface area contributed by atoms with Crippen LogP contribution in [0.25, 0.3) is 0 Å². The maximum atomic E-state index is 13.6. The number of methoxy groups -OCH3 is 1. The molecule has 40 heavy (non-hydrogen) atoms. The number of halogens is 1. The molecule has 4 aromatic carbocycles. The van der Waals surface area contributed by atoms with E-state index in [4.69, 9.17) is 4.74 Å². The zero-order chi connectivity index (χ0) is 28.9. The summed E-state index contributed by atoms with van der Waals surface area (Å²) in [6, 6.07) is 22.9. The highest BCUT2D eigenvalue weighted by molar-refractivity contribution is 7.93. The standard InChI is InChI=1S/C28H26FN3O6S2/c1-20-8-17-27(38-2)26(18-20)32(40(36,37)25-6-4-3-5-7-25)19-28(33)30-22-13-15-24(16-14-22)39(34,35)31-23-11-9-21(29)10-12-23/h3-18,31H,19H2,1-2H3,(H,30,33). The largest absolute Gasteiger partial charge is 0.495 e. The Kier molecular flexibility index (Phi) is 8.40. The molecule has 0 saturated carbocycles. The van der Waals surface area contributed by atoms with Crippen LogP contribution in [0.5, 0.6) is 5.75 Å². The van der Waals surface area contributed by atoms with Gasteiger partial charge in [-0.1, -0.05) is 24.3 Å². The zero-order valence-electron chi connectivity index (χ0n) is 21.5. The molecule has 208 valence electrons. The van der Waals surface area contributed by atoms with Crippen molar-refractivity contribution in [3.63, 3.8) is 0 Å². The van der Waals surface area contributed by atoms with E-state index in [1.165, 1.54) is 55.6 Å². The van der Waals surface area contributed by atoms with Gasteiger partial charge in [-0.3, -0.25) is 13.8 Å². The van der Waals surface area contributed by atoms with Crippen molar-refractivity contribution in [3.8, 4) is 5.75 Å². The first-order valence-electron chi connectivity index (χ1n) is 11.9. The van der Waals surface area contributed by atoms with Crippen molar-refractivity contribution in [2.75, 3.05) is 28.0 Å². The Balaban J connectivity index is 1.56. The van der Waals surface area contributed by atoms with Crippen molar-refractivity contribution < 1.29 is 30.8 Å². The summed E-state index contributed by atoms with van der Waals surface area (Å²) in [4.78, 5) is 13.0. The molecule has 12 heteroatoms. The smallest absolute Gasteiger partial charge is 0.264 e. The topological polar surface area (TPSA) is 122 Å². The SMILES string of the molecule is COc1ccc(C)cc1N(CC(=O)Nc1ccc(S(=O)(=O)Nc2ccc(F)cc2)cc1)S(=O)(=O)c1ccccc1. The number of aryl methyl sites for hydroxylation is 1. The van der Waals surface area contributed by atoms with Gasteiger partial charge in [-0.25, -0.2) is 21.2 Å². The molecule has 0 atom stereocenters. The monoisotopic (exact) mass is 583 g/mol. The number of amides is 1. The summed E-state index contributed by atoms with van der Waals surface area (Å²) < 4.78 is 74.4. The Hall–Kier alpha value is -4.42. The number of rotatable bonds is 10. The second kappa shape index (κ2) is 11.8. The summed E-state index contributed by atoms with van der Waals surface area (Å²) in [5.74, 6) is -0.900. The fourth-order valence-corrected chi connectivity index (χ4v) is 6.30. The number of sulfonamides is 2. The molecule has 0 aliphatic heterocycles. The Labute approximate surface area is 232 Å². The highest BCUT2D eigenvalue weighted by atomic mass is 32.2. The van der Waals surface area contributed by atoms with Gasteiger partial charge >= 0.3 is 0 Å². The van der Waals surface area contributed by atoms with E-state index < -0.39 is 38.3 Å². The van der Waals surface area contributed by atoms with Gasteiger partial charge < -0.3 is 10.1 Å². The number of anilines is 3. The number of nitrogens with one attached hydrogen (secondary N) is 2. The van der Waals surface area contributed by atoms with E-state index in [1.807, 2.05) is 0 Å². The molecule has 0 heterocycles. The molecular formula is C28H26FN3O6S2. The Morgan fingerprint density at radius 1 is 0.825 bits per heavy atom. The Morgan fingerprint density at radius 3 is 2.08 bits per heavy atom. The minimum Gasteiger partial charge on any atom is -0.495 e. The molecule has 2 N–H and O–H groups in total. The van der Waals surface area contributed by atoms with Crippen molar-refractivity contribution in [1.29, 1.82) is 0 Å². The van der Waals surface area contributed by atoms with Crippen LogP contribution in [0.2, 0.25) is 0 Å². The Morgan fingerprint density at radius 2 is 1.45 bits per heavy atom. The van der Waals surface area contributed by atoms with Crippen LogP contribution in [0.3, 0.4) is 0 Å². The molecule has 4 rings (SSSR count). The van der Waals surface area contributed by atoms with E-state index in [1.54, 1.807) is 43.3 Å². The van der Waals surface area contributed by atoms with Crippen molar-refractivity contribution in [1.82, 2.24) is 0 Å². The van der Waals surface area contributed by atoms with Gasteiger partial charge in [0, 0.05) is 11.4 Å². The molecule has 0 aromatic heterocycles. The highest BCUT2D eigenvalue weighted by Crippen LogP contribution is 2.33. The fourth-order valence-electron chi connectivity index (χ4n) is 3.79. The highest BCUT2D eigenvalue weighted by Gasteiger charge is 2.29. The number of carbonyl (C=O) groups is 1. The predicted molar refractivity (Wildman–Crippen MR) is 151 cm³/mol. The van der Waals surface area contributed by atoms with Crippen molar-refractivity contribution >= 4 is 43.0 Å². The van der Waals surface area contributed by atoms with Crippen LogP contribution in [0.4, 0.5) is 21.5 Å². The summed E-state index contributed by atoms with van der Waals surface area (Å²) in [5, 5.41) is 2.61. The van der Waals surface area contributed by atoms with Gasteiger partial charge in [-0.05, 0) is 85.3 Å². The lowest BCUT2D eigenvalue weighted by Gasteiger charge is -2.26. The molecule has 0 saturated heterocycles. The van der Waals surface area contributed by atoms with Crippen molar-refractivity contribution in [2.24, 2.45) is 0 Å². The molecule has 0 fully saturated rings. The van der Waals surface area contributed by atoms with Gasteiger partial charge in [0.25, 0.3) is 20.0 Å². The number of hydrogen-bond donors (Lipinski definition) is 2. The zero-order valence-corrected chi connectivity index (χ0v) is 23.2. The minimum atomic E-state index is -4.17. The first-order chi connectivity index (χ1) is 19.0. The molecule has 0 radical (unpaired) electrons. The second-order valence-corrected chi connectivity index (χ2v) is 12.2. The third-order valence-electron chi connectivity index (χ3n) is 5.77. The first kappa shape index (κ1) is 28.6. The van der Waals surface area contributed by atoms with Crippen LogP contribution in [0.15, 0.2) is 107 Å². The summed E-state index contributed by atoms with van der Waals surface area (Å²) in [6.07, 6.45) is 0. The van der Waals surface area contributed by atoms with E-state index >= 15 is 0 Å². The molecular weight excluding hydrogens is 557 g/mol. The molecule has 0 aliphatic rings. The molecule has 0 bridgehead atoms. The normalized spacial score (nSPS) is 11.5. The van der Waals surface area contributed by atoms with E-state index in [2.05, 4.69) is 10.0 Å². The van der Waals surface area contributed by atoms with Gasteiger partial charge in [0.15, 0.2) is 0 Å². The van der Waals surface area contributed by atoms with Gasteiger partial charge in [0.1, 0.15) is 18.1 Å². The van der Waals surface area contributed by atoms with Crippen LogP contribution in [-0.2, 0) is 24.8 Å². The number of benzene rings is 4. The third kappa shape index (κ3) is 6.58. The average molecular weight is 584 g/mol. The summed E-state index contributed by atoms with van der Waals surface area (Å²) >= 11 is 0. The van der Waals surface area contributed by atoms with E-state index in [0.29, 0.717) is 0 Å². The first-order valence-corrected chi connectivity index (χ1v) is 14.8. The van der Waals surface area contributed by atoms with Gasteiger partial charge in [-0.2, -0.15) is 0 Å². The second-order valence-electron chi connectivity index (χ2n) is 8.68. The van der Waals surface area contributed by atoms with E-state index in [9.17, 15) is 26.0 Å². The number of hydrogen-bond acceptors (Lipinski definition) is 6. The van der Waals surface area contributed by atoms with Crippen molar-refractivity contribution in [3.05, 3.63) is 108 Å². The van der Waals surface area contributed by atoms with Crippen LogP contribution in [-0.4, -0.2) is 36.4 Å². The lowest BCUT2D eigenvalue weighted by molar-refractivity contribution is -0.114. The lowest BCUT2D eigenvalue weighted by Crippen LogP contribution is -2.38. The summed E-state index contributed by atoms with van der Waals surface area (Å²) in [5.41, 5.74) is 1.38. The summed E-state index contributed by atoms with van der Waals surface area (Å²) in [7, 11) is -6.74. The van der Waals surface area contributed by atoms with Crippen LogP contribution in [0.1, 0.15) is 5.56 Å². The molecule has 0 spiro atoms. The van der Waals surface area contributed by atoms with Crippen LogP contribution in [0, 0.1) is 12.7 Å². The number of carbonyl (C=O) groups excluding carboxylic acids is 1.